The van der Waals surface area contributed by atoms with Gasteiger partial charge in [-0.05, 0) is 82.4 Å². The molecule has 1 aliphatic rings. The summed E-state index contributed by atoms with van der Waals surface area (Å²) in [7, 11) is 0. The van der Waals surface area contributed by atoms with Crippen LogP contribution in [0, 0.1) is 10.8 Å². The molecular weight excluding hydrogens is 500 g/mol. The number of nitrogens with one attached hydrogen (secondary N) is 1. The van der Waals surface area contributed by atoms with E-state index in [1.54, 1.807) is 12.3 Å². The number of para-hydroxylation sites is 1. The molecule has 0 aromatic heterocycles. The van der Waals surface area contributed by atoms with E-state index in [1.165, 1.54) is 25.7 Å². The highest BCUT2D eigenvalue weighted by molar-refractivity contribution is 6.07. The number of carbonyl (C=O) groups excluding carboxylic acids is 1. The van der Waals surface area contributed by atoms with Crippen molar-refractivity contribution in [2.45, 2.75) is 119 Å². The maximum Gasteiger partial charge on any atom is 0.224 e. The zero-order valence-electron chi connectivity index (χ0n) is 26.3. The normalized spacial score (nSPS) is 15.8. The van der Waals surface area contributed by atoms with Crippen molar-refractivity contribution in [2.24, 2.45) is 15.8 Å². The zero-order valence-corrected chi connectivity index (χ0v) is 26.3. The standard InChI is InChI=1S/C34H54N2O4/c1-25(2)39-29-17-13-15-27(31(29)37)21-35-23-33(5,6)19-11-9-10-12-20-34(7,8)24-36-22-28-16-14-18-30(32(28)38)40-26(3)4/h13,15,17-18,21-22,25-26,36-37H,9-12,14,16,19-20,23-24H2,1-8H3. The number of phenolic OH excluding ortho intramolecular Hbond substituents is 1. The Kier molecular flexibility index (Phi) is 13.3. The quantitative estimate of drug-likeness (QED) is 0.115. The Hall–Kier alpha value is -2.76. The van der Waals surface area contributed by atoms with E-state index in [-0.39, 0.29) is 34.6 Å². The number of ketones is 1. The van der Waals surface area contributed by atoms with Crippen molar-refractivity contribution in [3.63, 3.8) is 0 Å². The van der Waals surface area contributed by atoms with Gasteiger partial charge in [-0.2, -0.15) is 0 Å². The Balaban J connectivity index is 1.67. The summed E-state index contributed by atoms with van der Waals surface area (Å²) in [6, 6.07) is 5.52. The topological polar surface area (TPSA) is 80.2 Å². The van der Waals surface area contributed by atoms with E-state index in [9.17, 15) is 9.90 Å². The fraction of sp³-hybridized carbons (Fsp3) is 0.647. The van der Waals surface area contributed by atoms with E-state index in [0.717, 1.165) is 44.3 Å². The SMILES string of the molecule is CC(C)OC1=CCCC(=CNCC(C)(C)CCCCCCC(C)(C)CN=Cc2cccc(OC(C)C)c2O)C1=O. The number of hydrogen-bond acceptors (Lipinski definition) is 6. The van der Waals surface area contributed by atoms with Gasteiger partial charge in [0.1, 0.15) is 0 Å². The van der Waals surface area contributed by atoms with Crippen molar-refractivity contribution in [2.75, 3.05) is 13.1 Å². The lowest BCUT2D eigenvalue weighted by Gasteiger charge is -2.25. The lowest BCUT2D eigenvalue weighted by Crippen LogP contribution is -2.27. The summed E-state index contributed by atoms with van der Waals surface area (Å²) in [4.78, 5) is 17.3. The van der Waals surface area contributed by atoms with Gasteiger partial charge in [-0.15, -0.1) is 0 Å². The van der Waals surface area contributed by atoms with Gasteiger partial charge in [-0.1, -0.05) is 59.4 Å². The van der Waals surface area contributed by atoms with Gasteiger partial charge in [-0.25, -0.2) is 0 Å². The van der Waals surface area contributed by atoms with Gasteiger partial charge < -0.3 is 19.9 Å². The molecule has 0 fully saturated rings. The molecule has 6 heteroatoms. The molecule has 2 rings (SSSR count). The number of hydrogen-bond donors (Lipinski definition) is 2. The van der Waals surface area contributed by atoms with Crippen molar-refractivity contribution in [3.05, 3.63) is 47.4 Å². The van der Waals surface area contributed by atoms with Gasteiger partial charge in [0.2, 0.25) is 5.78 Å². The zero-order chi connectivity index (χ0) is 29.8. The third kappa shape index (κ3) is 12.2. The van der Waals surface area contributed by atoms with Crippen molar-refractivity contribution in [3.8, 4) is 11.5 Å². The molecule has 0 saturated carbocycles. The Morgan fingerprint density at radius 1 is 0.975 bits per heavy atom. The molecule has 0 bridgehead atoms. The number of ether oxygens (including phenoxy) is 2. The predicted octanol–water partition coefficient (Wildman–Crippen LogP) is 8.14. The Labute approximate surface area is 243 Å². The summed E-state index contributed by atoms with van der Waals surface area (Å²) in [6.45, 7) is 18.4. The van der Waals surface area contributed by atoms with Crippen LogP contribution in [0.4, 0.5) is 0 Å². The first-order valence-corrected chi connectivity index (χ1v) is 15.1. The number of carbonyl (C=O) groups is 1. The van der Waals surface area contributed by atoms with Crippen LogP contribution in [0.5, 0.6) is 11.5 Å². The largest absolute Gasteiger partial charge is 0.504 e. The molecule has 1 aromatic rings. The van der Waals surface area contributed by atoms with Gasteiger partial charge in [0.15, 0.2) is 17.3 Å². The van der Waals surface area contributed by atoms with Crippen LogP contribution >= 0.6 is 0 Å². The third-order valence-corrected chi connectivity index (χ3v) is 7.08. The van der Waals surface area contributed by atoms with Crippen LogP contribution in [0.15, 0.2) is 46.8 Å². The molecule has 6 nitrogen and oxygen atoms in total. The molecule has 1 aromatic carbocycles. The molecule has 0 spiro atoms. The lowest BCUT2D eigenvalue weighted by atomic mass is 9.85. The third-order valence-electron chi connectivity index (χ3n) is 7.08. The monoisotopic (exact) mass is 554 g/mol. The molecule has 0 heterocycles. The molecule has 0 saturated heterocycles. The van der Waals surface area contributed by atoms with E-state index >= 15 is 0 Å². The predicted molar refractivity (Wildman–Crippen MR) is 166 cm³/mol. The second-order valence-electron chi connectivity index (χ2n) is 13.2. The first-order chi connectivity index (χ1) is 18.8. The van der Waals surface area contributed by atoms with Gasteiger partial charge in [0.25, 0.3) is 0 Å². The number of benzene rings is 1. The van der Waals surface area contributed by atoms with E-state index in [4.69, 9.17) is 9.47 Å². The summed E-state index contributed by atoms with van der Waals surface area (Å²) in [5.74, 6) is 1.15. The van der Waals surface area contributed by atoms with Crippen molar-refractivity contribution in [1.29, 1.82) is 0 Å². The minimum atomic E-state index is 0.00688. The molecule has 0 radical (unpaired) electrons. The first-order valence-electron chi connectivity index (χ1n) is 15.1. The second-order valence-corrected chi connectivity index (χ2v) is 13.2. The maximum absolute atomic E-state index is 12.6. The highest BCUT2D eigenvalue weighted by Gasteiger charge is 2.22. The van der Waals surface area contributed by atoms with Gasteiger partial charge in [0.05, 0.1) is 12.2 Å². The highest BCUT2D eigenvalue weighted by atomic mass is 16.5. The van der Waals surface area contributed by atoms with Crippen LogP contribution in [0.2, 0.25) is 0 Å². The molecule has 0 atom stereocenters. The molecule has 224 valence electrons. The fourth-order valence-corrected chi connectivity index (χ4v) is 4.78. The van der Waals surface area contributed by atoms with Crippen LogP contribution < -0.4 is 10.1 Å². The van der Waals surface area contributed by atoms with Crippen LogP contribution in [0.1, 0.15) is 112 Å². The number of nitrogens with zero attached hydrogens (tertiary/aromatic N) is 1. The summed E-state index contributed by atoms with van der Waals surface area (Å²) in [5, 5.41) is 13.9. The Bertz CT molecular complexity index is 1030. The number of aliphatic imine (C=N–C) groups is 1. The summed E-state index contributed by atoms with van der Waals surface area (Å²) < 4.78 is 11.3. The molecule has 0 aliphatic heterocycles. The van der Waals surface area contributed by atoms with Gasteiger partial charge in [0, 0.05) is 36.6 Å². The maximum atomic E-state index is 12.6. The summed E-state index contributed by atoms with van der Waals surface area (Å²) >= 11 is 0. The summed E-state index contributed by atoms with van der Waals surface area (Å²) in [6.07, 6.45) is 14.3. The molecular formula is C34H54N2O4. The Morgan fingerprint density at radius 2 is 1.62 bits per heavy atom. The summed E-state index contributed by atoms with van der Waals surface area (Å²) in [5.41, 5.74) is 1.78. The molecule has 1 aliphatic carbocycles. The minimum Gasteiger partial charge on any atom is -0.504 e. The first kappa shape index (κ1) is 33.4. The second kappa shape index (κ2) is 15.9. The molecule has 0 amide bonds. The van der Waals surface area contributed by atoms with Crippen LogP contribution in [0.3, 0.4) is 0 Å². The van der Waals surface area contributed by atoms with Crippen molar-refractivity contribution < 1.29 is 19.4 Å². The number of aromatic hydroxyl groups is 1. The molecule has 0 unspecified atom stereocenters. The van der Waals surface area contributed by atoms with E-state index in [0.29, 0.717) is 17.1 Å². The smallest absolute Gasteiger partial charge is 0.224 e. The Morgan fingerprint density at radius 3 is 2.27 bits per heavy atom. The van der Waals surface area contributed by atoms with Gasteiger partial charge in [-0.3, -0.25) is 9.79 Å². The number of Topliss-reactive ketones (excluding diaryl/α,β-unsaturated/α-hetero) is 1. The van der Waals surface area contributed by atoms with E-state index in [2.05, 4.69) is 38.0 Å². The van der Waals surface area contributed by atoms with Crippen molar-refractivity contribution >= 4 is 12.0 Å². The van der Waals surface area contributed by atoms with E-state index < -0.39 is 0 Å². The highest BCUT2D eigenvalue weighted by Crippen LogP contribution is 2.30. The lowest BCUT2D eigenvalue weighted by molar-refractivity contribution is -0.116. The average molecular weight is 555 g/mol. The van der Waals surface area contributed by atoms with Crippen LogP contribution in [-0.4, -0.2) is 42.4 Å². The number of rotatable bonds is 17. The minimum absolute atomic E-state index is 0.00688. The number of unbranched alkanes of at least 4 members (excludes halogenated alkanes) is 3. The van der Waals surface area contributed by atoms with Gasteiger partial charge >= 0.3 is 0 Å². The average Bonchev–Trinajstić information content (AvgIpc) is 2.85. The van der Waals surface area contributed by atoms with Crippen LogP contribution in [-0.2, 0) is 9.53 Å². The number of allylic oxidation sites excluding steroid dienone is 2. The fourth-order valence-electron chi connectivity index (χ4n) is 4.78. The molecule has 2 N–H and O–H groups in total. The van der Waals surface area contributed by atoms with Crippen molar-refractivity contribution in [1.82, 2.24) is 5.32 Å². The van der Waals surface area contributed by atoms with Crippen LogP contribution in [0.25, 0.3) is 0 Å². The van der Waals surface area contributed by atoms with E-state index in [1.807, 2.05) is 52.1 Å². The molecule has 40 heavy (non-hydrogen) atoms. The number of phenols is 1.